The fourth-order valence-corrected chi connectivity index (χ4v) is 5.04. The lowest BCUT2D eigenvalue weighted by molar-refractivity contribution is -0.115. The van der Waals surface area contributed by atoms with Gasteiger partial charge < -0.3 is 5.32 Å². The highest BCUT2D eigenvalue weighted by molar-refractivity contribution is 8.00. The lowest BCUT2D eigenvalue weighted by Crippen LogP contribution is -2.28. The number of hydrogen-bond acceptors (Lipinski definition) is 3. The molecule has 0 aliphatic carbocycles. The molecule has 33 heavy (non-hydrogen) atoms. The van der Waals surface area contributed by atoms with Crippen molar-refractivity contribution >= 4 is 35.0 Å². The van der Waals surface area contributed by atoms with Crippen LogP contribution >= 0.6 is 11.8 Å². The number of benzene rings is 3. The Labute approximate surface area is 198 Å². The summed E-state index contributed by atoms with van der Waals surface area (Å²) in [5, 5.41) is 2.66. The van der Waals surface area contributed by atoms with Crippen molar-refractivity contribution in [2.45, 2.75) is 38.5 Å². The molecule has 0 spiro atoms. The van der Waals surface area contributed by atoms with E-state index in [1.54, 1.807) is 24.0 Å². The Kier molecular flexibility index (Phi) is 6.30. The van der Waals surface area contributed by atoms with Gasteiger partial charge in [0.1, 0.15) is 11.2 Å². The second-order valence-electron chi connectivity index (χ2n) is 9.22. The van der Waals surface area contributed by atoms with Gasteiger partial charge in [-0.3, -0.25) is 14.5 Å². The first-order valence-corrected chi connectivity index (χ1v) is 11.9. The van der Waals surface area contributed by atoms with Crippen LogP contribution in [0.15, 0.2) is 66.7 Å². The normalized spacial score (nSPS) is 16.2. The number of nitrogens with one attached hydrogen (secondary N) is 1. The van der Waals surface area contributed by atoms with Gasteiger partial charge >= 0.3 is 0 Å². The number of carbonyl (C=O) groups excluding carboxylic acids is 2. The number of rotatable bonds is 4. The van der Waals surface area contributed by atoms with Crippen LogP contribution in [0, 0.1) is 12.7 Å². The molecular formula is C27H27FN2O2S. The van der Waals surface area contributed by atoms with E-state index in [4.69, 9.17) is 0 Å². The van der Waals surface area contributed by atoms with Gasteiger partial charge in [-0.2, -0.15) is 0 Å². The minimum Gasteiger partial charge on any atom is -0.322 e. The fourth-order valence-electron chi connectivity index (χ4n) is 3.88. The van der Waals surface area contributed by atoms with E-state index in [0.29, 0.717) is 28.3 Å². The van der Waals surface area contributed by atoms with Crippen LogP contribution in [0.3, 0.4) is 0 Å². The van der Waals surface area contributed by atoms with Crippen molar-refractivity contribution in [3.05, 3.63) is 94.8 Å². The van der Waals surface area contributed by atoms with Crippen molar-refractivity contribution in [2.24, 2.45) is 0 Å². The number of amides is 2. The number of nitrogens with zero attached hydrogens (tertiary/aromatic N) is 1. The van der Waals surface area contributed by atoms with Crippen LogP contribution in [-0.2, 0) is 10.2 Å². The molecule has 1 aliphatic rings. The Morgan fingerprint density at radius 2 is 1.76 bits per heavy atom. The summed E-state index contributed by atoms with van der Waals surface area (Å²) in [6.07, 6.45) is 0. The van der Waals surface area contributed by atoms with Gasteiger partial charge in [-0.1, -0.05) is 51.1 Å². The van der Waals surface area contributed by atoms with Gasteiger partial charge in [-0.05, 0) is 59.9 Å². The molecule has 2 amide bonds. The Balaban J connectivity index is 1.57. The summed E-state index contributed by atoms with van der Waals surface area (Å²) in [6.45, 7) is 8.08. The van der Waals surface area contributed by atoms with Gasteiger partial charge in [-0.25, -0.2) is 4.39 Å². The Morgan fingerprint density at radius 1 is 1.06 bits per heavy atom. The number of anilines is 2. The van der Waals surface area contributed by atoms with E-state index in [9.17, 15) is 14.0 Å². The van der Waals surface area contributed by atoms with Crippen LogP contribution in [0.4, 0.5) is 15.8 Å². The molecule has 170 valence electrons. The molecule has 1 unspecified atom stereocenters. The first kappa shape index (κ1) is 23.1. The molecule has 1 aliphatic heterocycles. The van der Waals surface area contributed by atoms with Crippen LogP contribution in [0.1, 0.15) is 53.2 Å². The SMILES string of the molecule is Cc1c(F)cccc1N1C(=O)CSC1c1cccc(NC(=O)c2ccc(C(C)(C)C)cc2)c1. The quantitative estimate of drug-likeness (QED) is 0.484. The fraction of sp³-hybridized carbons (Fsp3) is 0.259. The minimum atomic E-state index is -0.338. The van der Waals surface area contributed by atoms with Crippen molar-refractivity contribution < 1.29 is 14.0 Å². The predicted octanol–water partition coefficient (Wildman–Crippen LogP) is 6.46. The molecule has 1 atom stereocenters. The second-order valence-corrected chi connectivity index (χ2v) is 10.3. The zero-order valence-corrected chi connectivity index (χ0v) is 20.0. The average molecular weight is 463 g/mol. The molecule has 1 heterocycles. The minimum absolute atomic E-state index is 0.0195. The van der Waals surface area contributed by atoms with Gasteiger partial charge in [0, 0.05) is 16.8 Å². The molecule has 4 rings (SSSR count). The Hall–Kier alpha value is -3.12. The molecule has 1 N–H and O–H groups in total. The second kappa shape index (κ2) is 9.02. The first-order chi connectivity index (χ1) is 15.6. The van der Waals surface area contributed by atoms with Crippen LogP contribution < -0.4 is 10.2 Å². The molecule has 4 nitrogen and oxygen atoms in total. The van der Waals surface area contributed by atoms with E-state index in [0.717, 1.165) is 11.1 Å². The van der Waals surface area contributed by atoms with E-state index in [1.807, 2.05) is 48.5 Å². The maximum Gasteiger partial charge on any atom is 0.255 e. The number of halogens is 1. The maximum absolute atomic E-state index is 14.2. The highest BCUT2D eigenvalue weighted by atomic mass is 32.2. The third-order valence-corrected chi connectivity index (χ3v) is 7.02. The van der Waals surface area contributed by atoms with Crippen molar-refractivity contribution in [1.29, 1.82) is 0 Å². The first-order valence-electron chi connectivity index (χ1n) is 10.9. The maximum atomic E-state index is 14.2. The largest absolute Gasteiger partial charge is 0.322 e. The van der Waals surface area contributed by atoms with Crippen molar-refractivity contribution in [1.82, 2.24) is 0 Å². The third-order valence-electron chi connectivity index (χ3n) is 5.81. The van der Waals surface area contributed by atoms with E-state index in [1.165, 1.54) is 17.8 Å². The van der Waals surface area contributed by atoms with Crippen LogP contribution in [0.25, 0.3) is 0 Å². The summed E-state index contributed by atoms with van der Waals surface area (Å²) in [6, 6.07) is 19.9. The standard InChI is InChI=1S/C27H27FN2O2S/c1-17-22(28)9-6-10-23(17)30-24(31)16-33-26(30)19-7-5-8-21(15-19)29-25(32)18-11-13-20(14-12-18)27(2,3)4/h5-15,26H,16H2,1-4H3,(H,29,32). The molecule has 0 radical (unpaired) electrons. The Morgan fingerprint density at radius 3 is 2.45 bits per heavy atom. The molecule has 3 aromatic rings. The summed E-state index contributed by atoms with van der Waals surface area (Å²) in [5.74, 6) is -0.278. The van der Waals surface area contributed by atoms with Gasteiger partial charge in [-0.15, -0.1) is 11.8 Å². The highest BCUT2D eigenvalue weighted by Gasteiger charge is 2.35. The molecule has 1 fully saturated rings. The van der Waals surface area contributed by atoms with Crippen molar-refractivity contribution in [3.8, 4) is 0 Å². The molecule has 6 heteroatoms. The Bertz CT molecular complexity index is 1200. The third kappa shape index (κ3) is 4.81. The molecule has 0 bridgehead atoms. The average Bonchev–Trinajstić information content (AvgIpc) is 3.16. The van der Waals surface area contributed by atoms with E-state index < -0.39 is 0 Å². The highest BCUT2D eigenvalue weighted by Crippen LogP contribution is 2.43. The lowest BCUT2D eigenvalue weighted by atomic mass is 9.87. The zero-order chi connectivity index (χ0) is 23.8. The summed E-state index contributed by atoms with van der Waals surface area (Å²) in [5.41, 5.74) is 4.30. The van der Waals surface area contributed by atoms with E-state index in [2.05, 4.69) is 26.1 Å². The summed E-state index contributed by atoms with van der Waals surface area (Å²) < 4.78 is 14.2. The molecule has 0 aromatic heterocycles. The van der Waals surface area contributed by atoms with Crippen LogP contribution in [-0.4, -0.2) is 17.6 Å². The van der Waals surface area contributed by atoms with Crippen molar-refractivity contribution in [2.75, 3.05) is 16.0 Å². The summed E-state index contributed by atoms with van der Waals surface area (Å²) >= 11 is 1.49. The van der Waals surface area contributed by atoms with E-state index >= 15 is 0 Å². The summed E-state index contributed by atoms with van der Waals surface area (Å²) in [7, 11) is 0. The van der Waals surface area contributed by atoms with Gasteiger partial charge in [0.15, 0.2) is 0 Å². The smallest absolute Gasteiger partial charge is 0.255 e. The number of hydrogen-bond donors (Lipinski definition) is 1. The van der Waals surface area contributed by atoms with Gasteiger partial charge in [0.25, 0.3) is 5.91 Å². The van der Waals surface area contributed by atoms with Gasteiger partial charge in [0.05, 0.1) is 11.4 Å². The van der Waals surface area contributed by atoms with Crippen LogP contribution in [0.2, 0.25) is 0 Å². The number of carbonyl (C=O) groups is 2. The van der Waals surface area contributed by atoms with Crippen molar-refractivity contribution in [3.63, 3.8) is 0 Å². The topological polar surface area (TPSA) is 49.4 Å². The monoisotopic (exact) mass is 462 g/mol. The summed E-state index contributed by atoms with van der Waals surface area (Å²) in [4.78, 5) is 27.1. The number of thioether (sulfide) groups is 1. The molecule has 1 saturated heterocycles. The lowest BCUT2D eigenvalue weighted by Gasteiger charge is -2.26. The molecule has 3 aromatic carbocycles. The van der Waals surface area contributed by atoms with Crippen LogP contribution in [0.5, 0.6) is 0 Å². The van der Waals surface area contributed by atoms with Gasteiger partial charge in [0.2, 0.25) is 5.91 Å². The predicted molar refractivity (Wildman–Crippen MR) is 133 cm³/mol. The molecular weight excluding hydrogens is 435 g/mol. The molecule has 0 saturated carbocycles. The van der Waals surface area contributed by atoms with E-state index in [-0.39, 0.29) is 28.4 Å². The zero-order valence-electron chi connectivity index (χ0n) is 19.2.